The lowest BCUT2D eigenvalue weighted by molar-refractivity contribution is 0.306. The van der Waals surface area contributed by atoms with Crippen LogP contribution in [0.15, 0.2) is 42.7 Å². The number of aromatic nitrogens is 2. The van der Waals surface area contributed by atoms with Crippen molar-refractivity contribution in [1.82, 2.24) is 19.8 Å². The summed E-state index contributed by atoms with van der Waals surface area (Å²) in [7, 11) is 2.08. The maximum absolute atomic E-state index is 5.56. The summed E-state index contributed by atoms with van der Waals surface area (Å²) in [5, 5.41) is 4.27. The van der Waals surface area contributed by atoms with Crippen LogP contribution in [0.2, 0.25) is 0 Å². The van der Waals surface area contributed by atoms with E-state index >= 15 is 0 Å². The van der Waals surface area contributed by atoms with E-state index in [0.29, 0.717) is 0 Å². The van der Waals surface area contributed by atoms with Gasteiger partial charge in [-0.1, -0.05) is 13.0 Å². The minimum Gasteiger partial charge on any atom is -0.353 e. The molecule has 0 unspecified atom stereocenters. The molecule has 3 heterocycles. The lowest BCUT2D eigenvalue weighted by atomic mass is 10.0. The molecular formula is C16H20N4S. The van der Waals surface area contributed by atoms with Crippen LogP contribution in [0.5, 0.6) is 0 Å². The third kappa shape index (κ3) is 2.53. The van der Waals surface area contributed by atoms with Crippen LogP contribution < -0.4 is 5.32 Å². The fourth-order valence-electron chi connectivity index (χ4n) is 2.99. The van der Waals surface area contributed by atoms with Gasteiger partial charge in [0.1, 0.15) is 0 Å². The molecule has 1 aliphatic rings. The zero-order valence-corrected chi connectivity index (χ0v) is 13.2. The minimum absolute atomic E-state index is 0.0962. The molecule has 0 aliphatic carbocycles. The number of pyridine rings is 1. The average Bonchev–Trinajstić information content (AvgIpc) is 3.05. The SMILES string of the molecule is CCCN1C(=S)N[C@H](c2ccccn2)[C@@H]1c1cccn1C. The first-order chi connectivity index (χ1) is 10.2. The second-order valence-electron chi connectivity index (χ2n) is 5.36. The Morgan fingerprint density at radius 3 is 2.76 bits per heavy atom. The van der Waals surface area contributed by atoms with Crippen LogP contribution in [0.25, 0.3) is 0 Å². The molecule has 0 spiro atoms. The molecule has 1 fully saturated rings. The van der Waals surface area contributed by atoms with Gasteiger partial charge in [-0.25, -0.2) is 0 Å². The van der Waals surface area contributed by atoms with E-state index in [-0.39, 0.29) is 12.1 Å². The Bertz CT molecular complexity index is 622. The maximum atomic E-state index is 5.56. The summed E-state index contributed by atoms with van der Waals surface area (Å²) >= 11 is 5.56. The Morgan fingerprint density at radius 2 is 2.14 bits per heavy atom. The van der Waals surface area contributed by atoms with Crippen molar-refractivity contribution in [3.63, 3.8) is 0 Å². The molecule has 3 rings (SSSR count). The summed E-state index contributed by atoms with van der Waals surface area (Å²) in [4.78, 5) is 6.80. The fraction of sp³-hybridized carbons (Fsp3) is 0.375. The minimum atomic E-state index is 0.0962. The standard InChI is InChI=1S/C16H20N4S/c1-3-10-20-15(13-8-6-11-19(13)2)14(18-16(20)21)12-7-4-5-9-17-12/h4-9,11,14-15H,3,10H2,1-2H3,(H,18,21)/t14-,15+/m1/s1. The predicted octanol–water partition coefficient (Wildman–Crippen LogP) is 2.80. The van der Waals surface area contributed by atoms with Crippen LogP contribution in [0, 0.1) is 0 Å². The van der Waals surface area contributed by atoms with Gasteiger partial charge in [-0.15, -0.1) is 0 Å². The van der Waals surface area contributed by atoms with Crippen molar-refractivity contribution in [2.24, 2.45) is 7.05 Å². The monoisotopic (exact) mass is 300 g/mol. The maximum Gasteiger partial charge on any atom is 0.170 e. The van der Waals surface area contributed by atoms with Crippen molar-refractivity contribution in [2.75, 3.05) is 6.54 Å². The molecule has 1 N–H and O–H groups in total. The largest absolute Gasteiger partial charge is 0.353 e. The molecule has 0 bridgehead atoms. The Kier molecular flexibility index (Phi) is 3.92. The molecule has 2 aromatic rings. The first kappa shape index (κ1) is 14.1. The summed E-state index contributed by atoms with van der Waals surface area (Å²) in [5.41, 5.74) is 2.29. The van der Waals surface area contributed by atoms with Gasteiger partial charge in [0.25, 0.3) is 0 Å². The van der Waals surface area contributed by atoms with Gasteiger partial charge in [0.15, 0.2) is 5.11 Å². The van der Waals surface area contributed by atoms with Crippen molar-refractivity contribution >= 4 is 17.3 Å². The number of nitrogens with one attached hydrogen (secondary N) is 1. The summed E-state index contributed by atoms with van der Waals surface area (Å²) < 4.78 is 2.17. The number of rotatable bonds is 4. The van der Waals surface area contributed by atoms with E-state index in [1.165, 1.54) is 5.69 Å². The van der Waals surface area contributed by atoms with Crippen molar-refractivity contribution in [3.05, 3.63) is 54.1 Å². The Hall–Kier alpha value is -1.88. The molecule has 0 saturated carbocycles. The van der Waals surface area contributed by atoms with Gasteiger partial charge >= 0.3 is 0 Å². The number of aryl methyl sites for hydroxylation is 1. The van der Waals surface area contributed by atoms with E-state index in [9.17, 15) is 0 Å². The van der Waals surface area contributed by atoms with E-state index < -0.39 is 0 Å². The molecule has 21 heavy (non-hydrogen) atoms. The van der Waals surface area contributed by atoms with E-state index in [1.807, 2.05) is 18.3 Å². The molecule has 0 radical (unpaired) electrons. The van der Waals surface area contributed by atoms with E-state index in [4.69, 9.17) is 12.2 Å². The van der Waals surface area contributed by atoms with Crippen LogP contribution in [-0.4, -0.2) is 26.1 Å². The summed E-state index contributed by atoms with van der Waals surface area (Å²) in [6.45, 7) is 3.13. The van der Waals surface area contributed by atoms with Crippen molar-refractivity contribution in [3.8, 4) is 0 Å². The van der Waals surface area contributed by atoms with Gasteiger partial charge < -0.3 is 14.8 Å². The van der Waals surface area contributed by atoms with Crippen LogP contribution in [0.1, 0.15) is 36.8 Å². The predicted molar refractivity (Wildman–Crippen MR) is 87.9 cm³/mol. The summed E-state index contributed by atoms with van der Waals surface area (Å²) in [6.07, 6.45) is 4.98. The first-order valence-electron chi connectivity index (χ1n) is 7.31. The molecule has 2 aromatic heterocycles. The molecule has 2 atom stereocenters. The van der Waals surface area contributed by atoms with E-state index in [1.54, 1.807) is 0 Å². The van der Waals surface area contributed by atoms with E-state index in [0.717, 1.165) is 23.8 Å². The highest BCUT2D eigenvalue weighted by Crippen LogP contribution is 2.38. The van der Waals surface area contributed by atoms with E-state index in [2.05, 4.69) is 58.1 Å². The Labute approximate surface area is 130 Å². The van der Waals surface area contributed by atoms with Crippen LogP contribution in [0.3, 0.4) is 0 Å². The van der Waals surface area contributed by atoms with Gasteiger partial charge in [0, 0.05) is 31.7 Å². The van der Waals surface area contributed by atoms with Gasteiger partial charge in [0.2, 0.25) is 0 Å². The van der Waals surface area contributed by atoms with Crippen molar-refractivity contribution in [2.45, 2.75) is 25.4 Å². The molecule has 1 aliphatic heterocycles. The zero-order chi connectivity index (χ0) is 14.8. The lowest BCUT2D eigenvalue weighted by Crippen LogP contribution is -2.31. The second kappa shape index (κ2) is 5.85. The second-order valence-corrected chi connectivity index (χ2v) is 5.75. The zero-order valence-electron chi connectivity index (χ0n) is 12.4. The molecule has 0 aromatic carbocycles. The normalized spacial score (nSPS) is 21.6. The average molecular weight is 300 g/mol. The number of hydrogen-bond acceptors (Lipinski definition) is 2. The highest BCUT2D eigenvalue weighted by molar-refractivity contribution is 7.80. The highest BCUT2D eigenvalue weighted by Gasteiger charge is 2.40. The van der Waals surface area contributed by atoms with Crippen molar-refractivity contribution < 1.29 is 0 Å². The summed E-state index contributed by atoms with van der Waals surface area (Å²) in [5.74, 6) is 0. The third-order valence-electron chi connectivity index (χ3n) is 3.95. The quantitative estimate of drug-likeness (QED) is 0.880. The number of thiocarbonyl (C=S) groups is 1. The Balaban J connectivity index is 2.03. The fourth-order valence-corrected chi connectivity index (χ4v) is 3.32. The molecule has 1 saturated heterocycles. The third-order valence-corrected chi connectivity index (χ3v) is 4.30. The topological polar surface area (TPSA) is 33.1 Å². The molecule has 4 nitrogen and oxygen atoms in total. The van der Waals surface area contributed by atoms with Gasteiger partial charge in [-0.2, -0.15) is 0 Å². The van der Waals surface area contributed by atoms with Gasteiger partial charge in [-0.3, -0.25) is 4.98 Å². The van der Waals surface area contributed by atoms with Gasteiger partial charge in [-0.05, 0) is 42.9 Å². The number of nitrogens with zero attached hydrogens (tertiary/aromatic N) is 3. The lowest BCUT2D eigenvalue weighted by Gasteiger charge is -2.27. The molecule has 5 heteroatoms. The molecule has 0 amide bonds. The highest BCUT2D eigenvalue weighted by atomic mass is 32.1. The molecule has 110 valence electrons. The Morgan fingerprint density at radius 1 is 1.29 bits per heavy atom. The van der Waals surface area contributed by atoms with Gasteiger partial charge in [0.05, 0.1) is 17.8 Å². The van der Waals surface area contributed by atoms with Crippen LogP contribution in [-0.2, 0) is 7.05 Å². The first-order valence-corrected chi connectivity index (χ1v) is 7.72. The van der Waals surface area contributed by atoms with Crippen LogP contribution in [0.4, 0.5) is 0 Å². The summed E-state index contributed by atoms with van der Waals surface area (Å²) in [6, 6.07) is 10.6. The van der Waals surface area contributed by atoms with Crippen LogP contribution >= 0.6 is 12.2 Å². The number of hydrogen-bond donors (Lipinski definition) is 1. The molecular weight excluding hydrogens is 280 g/mol. The smallest absolute Gasteiger partial charge is 0.170 e. The van der Waals surface area contributed by atoms with Crippen molar-refractivity contribution in [1.29, 1.82) is 0 Å².